The Morgan fingerprint density at radius 2 is 1.94 bits per heavy atom. The van der Waals surface area contributed by atoms with Crippen LogP contribution in [0.4, 0.5) is 0 Å². The fourth-order valence-corrected chi connectivity index (χ4v) is 1.91. The van der Waals surface area contributed by atoms with Gasteiger partial charge < -0.3 is 19.9 Å². The molecule has 4 nitrogen and oxygen atoms in total. The third-order valence-electron chi connectivity index (χ3n) is 2.85. The topological polar surface area (TPSA) is 50.7 Å². The molecule has 0 amide bonds. The molecule has 0 saturated heterocycles. The minimum absolute atomic E-state index is 0.0817. The van der Waals surface area contributed by atoms with Gasteiger partial charge in [0.15, 0.2) is 6.29 Å². The van der Waals surface area contributed by atoms with E-state index in [9.17, 15) is 5.11 Å². The lowest BCUT2D eigenvalue weighted by atomic mass is 10.00. The van der Waals surface area contributed by atoms with Gasteiger partial charge in [-0.25, -0.2) is 0 Å². The van der Waals surface area contributed by atoms with Gasteiger partial charge in [0.25, 0.3) is 0 Å². The standard InChI is InChI=1S/C14H29NO3/c1-8-10(2)13(15-6)11(17-7)9-12(16)18-14(3,4)5/h8,11-13,15-16H,9H2,1-7H3/b10-8-/t11-,12?,13+/m1/s1. The van der Waals surface area contributed by atoms with Gasteiger partial charge >= 0.3 is 0 Å². The Morgan fingerprint density at radius 1 is 1.39 bits per heavy atom. The summed E-state index contributed by atoms with van der Waals surface area (Å²) in [5.41, 5.74) is 0.829. The van der Waals surface area contributed by atoms with Gasteiger partial charge in [0.1, 0.15) is 0 Å². The molecule has 0 aliphatic rings. The minimum atomic E-state index is -0.824. The Hall–Kier alpha value is -0.420. The van der Waals surface area contributed by atoms with E-state index in [1.807, 2.05) is 47.7 Å². The number of hydrogen-bond donors (Lipinski definition) is 2. The highest BCUT2D eigenvalue weighted by atomic mass is 16.6. The first-order chi connectivity index (χ1) is 8.25. The molecule has 2 N–H and O–H groups in total. The van der Waals surface area contributed by atoms with E-state index in [-0.39, 0.29) is 17.7 Å². The van der Waals surface area contributed by atoms with E-state index in [0.29, 0.717) is 6.42 Å². The molecule has 0 radical (unpaired) electrons. The van der Waals surface area contributed by atoms with E-state index in [0.717, 1.165) is 0 Å². The fraction of sp³-hybridized carbons (Fsp3) is 0.857. The van der Waals surface area contributed by atoms with Crippen molar-refractivity contribution in [3.63, 3.8) is 0 Å². The van der Waals surface area contributed by atoms with Crippen LogP contribution in [0.1, 0.15) is 41.0 Å². The molecule has 0 heterocycles. The third-order valence-corrected chi connectivity index (χ3v) is 2.85. The normalized spacial score (nSPS) is 18.6. The first kappa shape index (κ1) is 17.6. The van der Waals surface area contributed by atoms with Crippen LogP contribution in [0.5, 0.6) is 0 Å². The van der Waals surface area contributed by atoms with Crippen molar-refractivity contribution in [3.05, 3.63) is 11.6 Å². The summed E-state index contributed by atoms with van der Waals surface area (Å²) in [6.45, 7) is 9.80. The van der Waals surface area contributed by atoms with Crippen molar-refractivity contribution in [1.82, 2.24) is 5.32 Å². The predicted molar refractivity (Wildman–Crippen MR) is 74.5 cm³/mol. The second kappa shape index (κ2) is 7.89. The van der Waals surface area contributed by atoms with Crippen molar-refractivity contribution in [2.45, 2.75) is 65.1 Å². The van der Waals surface area contributed by atoms with Gasteiger partial charge in [0.05, 0.1) is 17.7 Å². The molecule has 0 aliphatic heterocycles. The molecule has 0 spiro atoms. The van der Waals surface area contributed by atoms with Crippen LogP contribution >= 0.6 is 0 Å². The number of aliphatic hydroxyl groups is 1. The van der Waals surface area contributed by atoms with E-state index < -0.39 is 6.29 Å². The molecule has 0 aliphatic carbocycles. The monoisotopic (exact) mass is 259 g/mol. The zero-order valence-corrected chi connectivity index (χ0v) is 12.8. The van der Waals surface area contributed by atoms with Crippen molar-refractivity contribution < 1.29 is 14.6 Å². The number of aliphatic hydroxyl groups excluding tert-OH is 1. The zero-order chi connectivity index (χ0) is 14.3. The molecule has 0 bridgehead atoms. The van der Waals surface area contributed by atoms with Crippen LogP contribution in [-0.2, 0) is 9.47 Å². The number of ether oxygens (including phenoxy) is 2. The second-order valence-electron chi connectivity index (χ2n) is 5.49. The molecule has 0 fully saturated rings. The number of nitrogens with one attached hydrogen (secondary N) is 1. The summed E-state index contributed by atoms with van der Waals surface area (Å²) in [5, 5.41) is 13.1. The predicted octanol–water partition coefficient (Wildman–Crippen LogP) is 2.08. The van der Waals surface area contributed by atoms with Crippen LogP contribution in [0.3, 0.4) is 0 Å². The zero-order valence-electron chi connectivity index (χ0n) is 12.8. The highest BCUT2D eigenvalue weighted by Crippen LogP contribution is 2.18. The molecule has 4 heteroatoms. The summed E-state index contributed by atoms with van der Waals surface area (Å²) in [5.74, 6) is 0. The Bertz CT molecular complexity index is 258. The molecule has 0 rings (SSSR count). The van der Waals surface area contributed by atoms with Crippen LogP contribution in [0, 0.1) is 0 Å². The Labute approximate surface area is 111 Å². The molecule has 18 heavy (non-hydrogen) atoms. The number of hydrogen-bond acceptors (Lipinski definition) is 4. The maximum atomic E-state index is 9.94. The average molecular weight is 259 g/mol. The van der Waals surface area contributed by atoms with E-state index in [1.165, 1.54) is 5.57 Å². The van der Waals surface area contributed by atoms with E-state index >= 15 is 0 Å². The van der Waals surface area contributed by atoms with Gasteiger partial charge in [0.2, 0.25) is 0 Å². The molecular weight excluding hydrogens is 230 g/mol. The van der Waals surface area contributed by atoms with Crippen LogP contribution < -0.4 is 5.32 Å². The summed E-state index contributed by atoms with van der Waals surface area (Å²) < 4.78 is 11.0. The molecule has 0 aromatic heterocycles. The van der Waals surface area contributed by atoms with Gasteiger partial charge in [0, 0.05) is 13.5 Å². The van der Waals surface area contributed by atoms with Crippen molar-refractivity contribution in [1.29, 1.82) is 0 Å². The number of allylic oxidation sites excluding steroid dienone is 1. The van der Waals surface area contributed by atoms with Crippen LogP contribution in [0.25, 0.3) is 0 Å². The highest BCUT2D eigenvalue weighted by molar-refractivity contribution is 5.09. The molecule has 3 atom stereocenters. The first-order valence-electron chi connectivity index (χ1n) is 6.44. The first-order valence-corrected chi connectivity index (χ1v) is 6.44. The van der Waals surface area contributed by atoms with Crippen molar-refractivity contribution in [2.75, 3.05) is 14.2 Å². The van der Waals surface area contributed by atoms with Gasteiger partial charge in [-0.3, -0.25) is 0 Å². The third kappa shape index (κ3) is 6.50. The van der Waals surface area contributed by atoms with E-state index in [4.69, 9.17) is 9.47 Å². The van der Waals surface area contributed by atoms with Crippen LogP contribution in [-0.4, -0.2) is 43.3 Å². The number of rotatable bonds is 7. The van der Waals surface area contributed by atoms with Gasteiger partial charge in [-0.2, -0.15) is 0 Å². The SMILES string of the molecule is C/C=C(/C)[C@H](NC)[C@@H](CC(O)OC(C)(C)C)OC. The van der Waals surface area contributed by atoms with Gasteiger partial charge in [-0.05, 0) is 41.7 Å². The average Bonchev–Trinajstić information content (AvgIpc) is 2.25. The quantitative estimate of drug-likeness (QED) is 0.543. The Morgan fingerprint density at radius 3 is 2.28 bits per heavy atom. The fourth-order valence-electron chi connectivity index (χ4n) is 1.91. The molecule has 0 aromatic carbocycles. The lowest BCUT2D eigenvalue weighted by Crippen LogP contribution is -2.43. The maximum Gasteiger partial charge on any atom is 0.157 e. The van der Waals surface area contributed by atoms with Crippen LogP contribution in [0.15, 0.2) is 11.6 Å². The molecular formula is C14H29NO3. The summed E-state index contributed by atoms with van der Waals surface area (Å²) in [7, 11) is 3.54. The second-order valence-corrected chi connectivity index (χ2v) is 5.49. The molecule has 0 saturated carbocycles. The number of likely N-dealkylation sites (N-methyl/N-ethyl adjacent to an activating group) is 1. The van der Waals surface area contributed by atoms with Crippen molar-refractivity contribution in [3.8, 4) is 0 Å². The Kier molecular flexibility index (Phi) is 7.71. The van der Waals surface area contributed by atoms with Crippen molar-refractivity contribution >= 4 is 0 Å². The van der Waals surface area contributed by atoms with Crippen molar-refractivity contribution in [2.24, 2.45) is 0 Å². The summed E-state index contributed by atoms with van der Waals surface area (Å²) in [6, 6.07) is 0.0817. The van der Waals surface area contributed by atoms with E-state index in [2.05, 4.69) is 5.32 Å². The maximum absolute atomic E-state index is 9.94. The number of methoxy groups -OCH3 is 1. The molecule has 1 unspecified atom stereocenters. The van der Waals surface area contributed by atoms with Gasteiger partial charge in [-0.15, -0.1) is 0 Å². The van der Waals surface area contributed by atoms with Crippen LogP contribution in [0.2, 0.25) is 0 Å². The largest absolute Gasteiger partial charge is 0.379 e. The summed E-state index contributed by atoms with van der Waals surface area (Å²) in [6.07, 6.45) is 1.54. The smallest absolute Gasteiger partial charge is 0.157 e. The summed E-state index contributed by atoms with van der Waals surface area (Å²) >= 11 is 0. The van der Waals surface area contributed by atoms with Gasteiger partial charge in [-0.1, -0.05) is 11.6 Å². The lowest BCUT2D eigenvalue weighted by molar-refractivity contribution is -0.181. The summed E-state index contributed by atoms with van der Waals surface area (Å²) in [4.78, 5) is 0. The highest BCUT2D eigenvalue weighted by Gasteiger charge is 2.26. The van der Waals surface area contributed by atoms with E-state index in [1.54, 1.807) is 7.11 Å². The lowest BCUT2D eigenvalue weighted by Gasteiger charge is -2.30. The molecule has 0 aromatic rings. The molecule has 108 valence electrons. The minimum Gasteiger partial charge on any atom is -0.379 e. The Balaban J connectivity index is 4.58.